The van der Waals surface area contributed by atoms with Gasteiger partial charge < -0.3 is 14.4 Å². The maximum atomic E-state index is 14.8. The van der Waals surface area contributed by atoms with Crippen LogP contribution in [-0.4, -0.2) is 43.7 Å². The predicted molar refractivity (Wildman–Crippen MR) is 161 cm³/mol. The van der Waals surface area contributed by atoms with Gasteiger partial charge in [-0.15, -0.1) is 0 Å². The second-order valence-corrected chi connectivity index (χ2v) is 11.2. The van der Waals surface area contributed by atoms with Gasteiger partial charge in [-0.05, 0) is 54.1 Å². The Kier molecular flexibility index (Phi) is 6.06. The van der Waals surface area contributed by atoms with E-state index in [1.54, 1.807) is 80.9 Å². The molecule has 1 spiro atoms. The maximum absolute atomic E-state index is 14.8. The van der Waals surface area contributed by atoms with Crippen molar-refractivity contribution in [1.82, 2.24) is 0 Å². The van der Waals surface area contributed by atoms with Crippen LogP contribution in [0.5, 0.6) is 11.5 Å². The minimum atomic E-state index is -1.64. The van der Waals surface area contributed by atoms with Crippen LogP contribution in [-0.2, 0) is 0 Å². The van der Waals surface area contributed by atoms with Crippen LogP contribution < -0.4 is 14.4 Å². The molecule has 2 heterocycles. The predicted octanol–water partition coefficient (Wildman–Crippen LogP) is 6.67. The lowest BCUT2D eigenvalue weighted by Crippen LogP contribution is -2.48. The quantitative estimate of drug-likeness (QED) is 0.195. The zero-order valence-corrected chi connectivity index (χ0v) is 23.7. The van der Waals surface area contributed by atoms with Gasteiger partial charge in [0.05, 0.1) is 20.3 Å². The summed E-state index contributed by atoms with van der Waals surface area (Å²) in [6.45, 7) is 0. The molecular weight excluding hydrogens is 550 g/mol. The van der Waals surface area contributed by atoms with Crippen molar-refractivity contribution < 1.29 is 23.9 Å². The van der Waals surface area contributed by atoms with E-state index in [0.29, 0.717) is 38.8 Å². The van der Waals surface area contributed by atoms with E-state index in [4.69, 9.17) is 21.1 Å². The topological polar surface area (TPSA) is 72.9 Å². The van der Waals surface area contributed by atoms with Gasteiger partial charge in [-0.3, -0.25) is 14.4 Å². The van der Waals surface area contributed by atoms with Gasteiger partial charge >= 0.3 is 0 Å². The van der Waals surface area contributed by atoms with Crippen LogP contribution in [0, 0.1) is 5.41 Å². The third-order valence-corrected chi connectivity index (χ3v) is 9.13. The lowest BCUT2D eigenvalue weighted by Gasteiger charge is -2.37. The monoisotopic (exact) mass is 575 g/mol. The van der Waals surface area contributed by atoms with Gasteiger partial charge in [0.2, 0.25) is 0 Å². The summed E-state index contributed by atoms with van der Waals surface area (Å²) in [7, 11) is 3.09. The Balaban J connectivity index is 1.58. The molecular formula is C35H26ClNO5. The number of hydrogen-bond donors (Lipinski definition) is 0. The number of ketones is 3. The molecule has 2 aliphatic heterocycles. The Bertz CT molecular complexity index is 1780. The number of hydrogen-bond acceptors (Lipinski definition) is 6. The fourth-order valence-corrected chi connectivity index (χ4v) is 7.25. The number of para-hydroxylation sites is 1. The number of benzene rings is 4. The summed E-state index contributed by atoms with van der Waals surface area (Å²) in [5.74, 6) is -0.770. The molecule has 4 aromatic rings. The summed E-state index contributed by atoms with van der Waals surface area (Å²) in [5.41, 5.74) is 1.74. The molecule has 7 heteroatoms. The molecule has 1 saturated heterocycles. The molecule has 208 valence electrons. The minimum Gasteiger partial charge on any atom is -0.497 e. The number of fused-ring (bicyclic) bond motifs is 5. The highest BCUT2D eigenvalue weighted by atomic mass is 35.5. The number of ether oxygens (including phenoxy) is 2. The van der Waals surface area contributed by atoms with Crippen molar-refractivity contribution in [1.29, 1.82) is 0 Å². The Hall–Kier alpha value is -4.68. The van der Waals surface area contributed by atoms with E-state index in [9.17, 15) is 14.4 Å². The molecule has 1 aliphatic carbocycles. The summed E-state index contributed by atoms with van der Waals surface area (Å²) in [5, 5.41) is 0.501. The molecule has 0 radical (unpaired) electrons. The largest absolute Gasteiger partial charge is 0.497 e. The number of anilines is 1. The van der Waals surface area contributed by atoms with Crippen LogP contribution in [0.4, 0.5) is 5.69 Å². The second-order valence-electron chi connectivity index (χ2n) is 10.7. The molecule has 0 amide bonds. The molecule has 7 rings (SSSR count). The zero-order valence-electron chi connectivity index (χ0n) is 22.9. The summed E-state index contributed by atoms with van der Waals surface area (Å²) in [6.07, 6.45) is 3.84. The van der Waals surface area contributed by atoms with E-state index in [1.165, 1.54) is 0 Å². The Morgan fingerprint density at radius 3 is 2.17 bits per heavy atom. The second kappa shape index (κ2) is 9.71. The summed E-state index contributed by atoms with van der Waals surface area (Å²) in [4.78, 5) is 46.4. The molecule has 0 bridgehead atoms. The molecule has 0 aromatic heterocycles. The molecule has 0 saturated carbocycles. The van der Waals surface area contributed by atoms with Gasteiger partial charge in [-0.1, -0.05) is 66.2 Å². The van der Waals surface area contributed by atoms with Crippen LogP contribution in [0.3, 0.4) is 0 Å². The van der Waals surface area contributed by atoms with Gasteiger partial charge in [-0.25, -0.2) is 0 Å². The lowest BCUT2D eigenvalue weighted by molar-refractivity contribution is 0.0664. The molecule has 6 nitrogen and oxygen atoms in total. The number of rotatable bonds is 5. The molecule has 3 atom stereocenters. The molecule has 4 aromatic carbocycles. The van der Waals surface area contributed by atoms with Crippen LogP contribution in [0.25, 0.3) is 6.08 Å². The van der Waals surface area contributed by atoms with Crippen LogP contribution >= 0.6 is 11.6 Å². The molecule has 0 N–H and O–H groups in total. The Labute approximate surface area is 248 Å². The van der Waals surface area contributed by atoms with Crippen molar-refractivity contribution in [2.45, 2.75) is 18.0 Å². The first-order valence-electron chi connectivity index (χ1n) is 13.7. The zero-order chi connectivity index (χ0) is 29.2. The highest BCUT2D eigenvalue weighted by Gasteiger charge is 2.72. The first-order chi connectivity index (χ1) is 20.4. The van der Waals surface area contributed by atoms with E-state index >= 15 is 0 Å². The molecule has 3 aliphatic rings. The highest BCUT2D eigenvalue weighted by molar-refractivity contribution is 6.32. The van der Waals surface area contributed by atoms with Crippen molar-refractivity contribution in [2.24, 2.45) is 5.41 Å². The normalized spacial score (nSPS) is 21.2. The maximum Gasteiger partial charge on any atom is 0.185 e. The summed E-state index contributed by atoms with van der Waals surface area (Å²) < 4.78 is 11.4. The van der Waals surface area contributed by atoms with Crippen molar-refractivity contribution in [3.05, 3.63) is 130 Å². The molecule has 42 heavy (non-hydrogen) atoms. The fourth-order valence-electron chi connectivity index (χ4n) is 7.13. The first-order valence-corrected chi connectivity index (χ1v) is 14.1. The number of Topliss-reactive ketones (excluding diaryl/α,β-unsaturated/α-hetero) is 3. The summed E-state index contributed by atoms with van der Waals surface area (Å²) >= 11 is 6.19. The van der Waals surface area contributed by atoms with E-state index in [0.717, 1.165) is 11.3 Å². The molecule has 1 fully saturated rings. The average Bonchev–Trinajstić information content (AvgIpc) is 3.46. The van der Waals surface area contributed by atoms with Gasteiger partial charge in [-0.2, -0.15) is 0 Å². The first kappa shape index (κ1) is 26.2. The minimum absolute atomic E-state index is 0.231. The van der Waals surface area contributed by atoms with Gasteiger partial charge in [0, 0.05) is 38.9 Å². The van der Waals surface area contributed by atoms with E-state index in [1.807, 2.05) is 41.3 Å². The average molecular weight is 576 g/mol. The fraction of sp³-hybridized carbons (Fsp3) is 0.171. The Morgan fingerprint density at radius 1 is 0.833 bits per heavy atom. The SMILES string of the molecule is COc1ccc(OC)c([C@@H]2[C@@H](C(=O)c3ccc(Cl)cc3)N3c4ccccc4C=C[C@H]3C23C(=O)c2ccccc2C3=O)c1. The van der Waals surface area contributed by atoms with E-state index in [2.05, 4.69) is 0 Å². The van der Waals surface area contributed by atoms with Crippen molar-refractivity contribution in [3.63, 3.8) is 0 Å². The number of carbonyl (C=O) groups excluding carboxylic acids is 3. The number of halogens is 1. The smallest absolute Gasteiger partial charge is 0.185 e. The van der Waals surface area contributed by atoms with Crippen molar-refractivity contribution in [2.75, 3.05) is 19.1 Å². The van der Waals surface area contributed by atoms with Crippen LogP contribution in [0.1, 0.15) is 48.1 Å². The third-order valence-electron chi connectivity index (χ3n) is 8.88. The van der Waals surface area contributed by atoms with E-state index < -0.39 is 23.4 Å². The van der Waals surface area contributed by atoms with Crippen LogP contribution in [0.2, 0.25) is 5.02 Å². The summed E-state index contributed by atoms with van der Waals surface area (Å²) in [6, 6.07) is 25.0. The standard InChI is InChI=1S/C35H26ClNO5/c1-41-23-16-17-28(42-2)26(19-23)30-31(32(38)21-11-14-22(36)15-12-21)37-27-10-6-3-7-20(27)13-18-29(37)35(30)33(39)24-8-4-5-9-25(24)34(35)40/h3-19,29-31H,1-2H3/t29-,30+,31-/m0/s1. The van der Waals surface area contributed by atoms with Gasteiger partial charge in [0.15, 0.2) is 17.3 Å². The number of methoxy groups -OCH3 is 2. The van der Waals surface area contributed by atoms with Crippen molar-refractivity contribution >= 4 is 40.7 Å². The molecule has 0 unspecified atom stereocenters. The lowest BCUT2D eigenvalue weighted by atomic mass is 9.64. The van der Waals surface area contributed by atoms with E-state index in [-0.39, 0.29) is 17.3 Å². The Morgan fingerprint density at radius 2 is 1.50 bits per heavy atom. The van der Waals surface area contributed by atoms with Gasteiger partial charge in [0.1, 0.15) is 23.0 Å². The van der Waals surface area contributed by atoms with Gasteiger partial charge in [0.25, 0.3) is 0 Å². The number of carbonyl (C=O) groups is 3. The third kappa shape index (κ3) is 3.48. The number of nitrogens with zero attached hydrogens (tertiary/aromatic N) is 1. The van der Waals surface area contributed by atoms with Crippen molar-refractivity contribution in [3.8, 4) is 11.5 Å². The highest BCUT2D eigenvalue weighted by Crippen LogP contribution is 2.62. The van der Waals surface area contributed by atoms with Crippen LogP contribution in [0.15, 0.2) is 97.1 Å².